The van der Waals surface area contributed by atoms with Crippen molar-refractivity contribution < 1.29 is 14.6 Å². The molecule has 0 spiro atoms. The van der Waals surface area contributed by atoms with Gasteiger partial charge in [-0.25, -0.2) is 4.79 Å². The van der Waals surface area contributed by atoms with Crippen molar-refractivity contribution in [3.8, 4) is 0 Å². The molecule has 0 radical (unpaired) electrons. The van der Waals surface area contributed by atoms with Crippen molar-refractivity contribution >= 4 is 17.3 Å². The molecule has 0 aliphatic carbocycles. The molecule has 1 heterocycles. The SMILES string of the molecule is CCCC(C)(OCc1cccs1)C(=O)O. The molecule has 1 atom stereocenters. The summed E-state index contributed by atoms with van der Waals surface area (Å²) in [6.45, 7) is 3.96. The van der Waals surface area contributed by atoms with E-state index in [-0.39, 0.29) is 0 Å². The highest BCUT2D eigenvalue weighted by Crippen LogP contribution is 2.21. The maximum atomic E-state index is 11.0. The summed E-state index contributed by atoms with van der Waals surface area (Å²) in [5, 5.41) is 11.0. The third-order valence-electron chi connectivity index (χ3n) is 2.29. The van der Waals surface area contributed by atoms with Crippen molar-refractivity contribution in [3.63, 3.8) is 0 Å². The van der Waals surface area contributed by atoms with Crippen LogP contribution in [0.3, 0.4) is 0 Å². The van der Waals surface area contributed by atoms with E-state index < -0.39 is 11.6 Å². The summed E-state index contributed by atoms with van der Waals surface area (Å²) in [4.78, 5) is 12.1. The quantitative estimate of drug-likeness (QED) is 0.814. The maximum absolute atomic E-state index is 11.0. The molecule has 3 nitrogen and oxygen atoms in total. The van der Waals surface area contributed by atoms with Gasteiger partial charge in [-0.1, -0.05) is 19.4 Å². The molecule has 1 N–H and O–H groups in total. The highest BCUT2D eigenvalue weighted by atomic mass is 32.1. The Kier molecular flexibility index (Phi) is 4.29. The van der Waals surface area contributed by atoms with Gasteiger partial charge in [0.1, 0.15) is 0 Å². The predicted octanol–water partition coefficient (Wildman–Crippen LogP) is 2.91. The highest BCUT2D eigenvalue weighted by Gasteiger charge is 2.33. The van der Waals surface area contributed by atoms with E-state index in [1.54, 1.807) is 18.3 Å². The first-order chi connectivity index (χ1) is 7.08. The Morgan fingerprint density at radius 2 is 2.40 bits per heavy atom. The van der Waals surface area contributed by atoms with Gasteiger partial charge in [0.15, 0.2) is 5.60 Å². The molecule has 0 fully saturated rings. The summed E-state index contributed by atoms with van der Waals surface area (Å²) in [7, 11) is 0. The molecule has 0 aliphatic rings. The molecule has 1 aromatic rings. The predicted molar refractivity (Wildman–Crippen MR) is 60.1 cm³/mol. The van der Waals surface area contributed by atoms with Gasteiger partial charge in [0.05, 0.1) is 6.61 Å². The lowest BCUT2D eigenvalue weighted by Gasteiger charge is -2.24. The molecule has 0 bridgehead atoms. The molecule has 0 saturated carbocycles. The monoisotopic (exact) mass is 228 g/mol. The third kappa shape index (κ3) is 3.32. The Labute approximate surface area is 93.7 Å². The number of carbonyl (C=O) groups is 1. The summed E-state index contributed by atoms with van der Waals surface area (Å²) in [5.74, 6) is -0.888. The Morgan fingerprint density at radius 3 is 2.87 bits per heavy atom. The first-order valence-electron chi connectivity index (χ1n) is 4.98. The first kappa shape index (κ1) is 12.2. The molecular weight excluding hydrogens is 212 g/mol. The number of ether oxygens (including phenoxy) is 1. The van der Waals surface area contributed by atoms with Crippen LogP contribution >= 0.6 is 11.3 Å². The summed E-state index contributed by atoms with van der Waals surface area (Å²) in [6, 6.07) is 3.88. The van der Waals surface area contributed by atoms with Crippen LogP contribution in [0.5, 0.6) is 0 Å². The number of carboxylic acid groups (broad SMARTS) is 1. The fraction of sp³-hybridized carbons (Fsp3) is 0.545. The van der Waals surface area contributed by atoms with Crippen LogP contribution in [-0.2, 0) is 16.1 Å². The Morgan fingerprint density at radius 1 is 1.67 bits per heavy atom. The van der Waals surface area contributed by atoms with E-state index in [0.29, 0.717) is 13.0 Å². The minimum atomic E-state index is -1.06. The number of hydrogen-bond donors (Lipinski definition) is 1. The molecule has 1 unspecified atom stereocenters. The topological polar surface area (TPSA) is 46.5 Å². The highest BCUT2D eigenvalue weighted by molar-refractivity contribution is 7.09. The lowest BCUT2D eigenvalue weighted by Crippen LogP contribution is -2.37. The number of aliphatic carboxylic acids is 1. The van der Waals surface area contributed by atoms with E-state index in [1.807, 2.05) is 24.4 Å². The van der Waals surface area contributed by atoms with Crippen molar-refractivity contribution in [2.24, 2.45) is 0 Å². The minimum absolute atomic E-state index is 0.375. The van der Waals surface area contributed by atoms with Crippen LogP contribution in [0.15, 0.2) is 17.5 Å². The van der Waals surface area contributed by atoms with Crippen molar-refractivity contribution in [2.75, 3.05) is 0 Å². The summed E-state index contributed by atoms with van der Waals surface area (Å²) < 4.78 is 5.49. The first-order valence-corrected chi connectivity index (χ1v) is 5.86. The Bertz CT molecular complexity index is 308. The lowest BCUT2D eigenvalue weighted by molar-refractivity contribution is -0.166. The van der Waals surface area contributed by atoms with Crippen LogP contribution in [0.2, 0.25) is 0 Å². The van der Waals surface area contributed by atoms with Crippen LogP contribution in [0.25, 0.3) is 0 Å². The number of thiophene rings is 1. The van der Waals surface area contributed by atoms with E-state index >= 15 is 0 Å². The van der Waals surface area contributed by atoms with Gasteiger partial charge in [0.2, 0.25) is 0 Å². The lowest BCUT2D eigenvalue weighted by atomic mass is 10.0. The maximum Gasteiger partial charge on any atom is 0.335 e. The number of carboxylic acids is 1. The van der Waals surface area contributed by atoms with Gasteiger partial charge >= 0.3 is 5.97 Å². The zero-order valence-electron chi connectivity index (χ0n) is 9.03. The van der Waals surface area contributed by atoms with Crippen LogP contribution in [-0.4, -0.2) is 16.7 Å². The van der Waals surface area contributed by atoms with Gasteiger partial charge in [-0.3, -0.25) is 0 Å². The average Bonchev–Trinajstić information content (AvgIpc) is 2.67. The molecule has 0 amide bonds. The fourth-order valence-corrected chi connectivity index (χ4v) is 1.96. The summed E-state index contributed by atoms with van der Waals surface area (Å²) in [5.41, 5.74) is -1.06. The average molecular weight is 228 g/mol. The van der Waals surface area contributed by atoms with Crippen LogP contribution in [0.4, 0.5) is 0 Å². The third-order valence-corrected chi connectivity index (χ3v) is 3.14. The second-order valence-corrected chi connectivity index (χ2v) is 4.69. The van der Waals surface area contributed by atoms with Crippen LogP contribution in [0, 0.1) is 0 Å². The van der Waals surface area contributed by atoms with E-state index in [9.17, 15) is 4.79 Å². The molecular formula is C11H16O3S. The fourth-order valence-electron chi connectivity index (χ4n) is 1.34. The molecule has 1 aromatic heterocycles. The van der Waals surface area contributed by atoms with Gasteiger partial charge in [0, 0.05) is 4.88 Å². The zero-order chi connectivity index (χ0) is 11.3. The van der Waals surface area contributed by atoms with Crippen molar-refractivity contribution in [1.82, 2.24) is 0 Å². The Balaban J connectivity index is 2.56. The van der Waals surface area contributed by atoms with E-state index in [2.05, 4.69) is 0 Å². The Hall–Kier alpha value is -0.870. The molecule has 84 valence electrons. The van der Waals surface area contributed by atoms with Crippen molar-refractivity contribution in [3.05, 3.63) is 22.4 Å². The number of rotatable bonds is 6. The minimum Gasteiger partial charge on any atom is -0.479 e. The van der Waals surface area contributed by atoms with Crippen LogP contribution in [0.1, 0.15) is 31.6 Å². The molecule has 0 saturated heterocycles. The smallest absolute Gasteiger partial charge is 0.335 e. The summed E-state index contributed by atoms with van der Waals surface area (Å²) in [6.07, 6.45) is 1.33. The van der Waals surface area contributed by atoms with E-state index in [4.69, 9.17) is 9.84 Å². The second kappa shape index (κ2) is 5.28. The number of hydrogen-bond acceptors (Lipinski definition) is 3. The van der Waals surface area contributed by atoms with E-state index in [1.165, 1.54) is 0 Å². The van der Waals surface area contributed by atoms with Gasteiger partial charge in [-0.2, -0.15) is 0 Å². The van der Waals surface area contributed by atoms with Gasteiger partial charge in [0.25, 0.3) is 0 Å². The molecule has 15 heavy (non-hydrogen) atoms. The second-order valence-electron chi connectivity index (χ2n) is 3.65. The van der Waals surface area contributed by atoms with Crippen molar-refractivity contribution in [2.45, 2.75) is 38.9 Å². The van der Waals surface area contributed by atoms with E-state index in [0.717, 1.165) is 11.3 Å². The summed E-state index contributed by atoms with van der Waals surface area (Å²) >= 11 is 1.58. The van der Waals surface area contributed by atoms with Gasteiger partial charge in [-0.15, -0.1) is 11.3 Å². The van der Waals surface area contributed by atoms with Crippen molar-refractivity contribution in [1.29, 1.82) is 0 Å². The molecule has 0 aromatic carbocycles. The normalized spacial score (nSPS) is 14.8. The molecule has 1 rings (SSSR count). The standard InChI is InChI=1S/C11H16O3S/c1-3-6-11(2,10(12)13)14-8-9-5-4-7-15-9/h4-5,7H,3,6,8H2,1-2H3,(H,12,13). The zero-order valence-corrected chi connectivity index (χ0v) is 9.84. The van der Waals surface area contributed by atoms with Gasteiger partial charge in [-0.05, 0) is 24.8 Å². The molecule has 4 heteroatoms. The van der Waals surface area contributed by atoms with Crippen LogP contribution < -0.4 is 0 Å². The largest absolute Gasteiger partial charge is 0.479 e. The van der Waals surface area contributed by atoms with Gasteiger partial charge < -0.3 is 9.84 Å². The molecule has 0 aliphatic heterocycles.